The van der Waals surface area contributed by atoms with E-state index in [2.05, 4.69) is 10.3 Å². The molecule has 0 spiro atoms. The minimum Gasteiger partial charge on any atom is -0.479 e. The third kappa shape index (κ3) is 2.30. The van der Waals surface area contributed by atoms with E-state index in [4.69, 9.17) is 10.5 Å². The van der Waals surface area contributed by atoms with Crippen LogP contribution in [0.15, 0.2) is 12.1 Å². The molecule has 1 aliphatic rings. The first-order valence-electron chi connectivity index (χ1n) is 5.60. The Bertz CT molecular complexity index is 440. The minimum atomic E-state index is -0.493. The van der Waals surface area contributed by atoms with E-state index in [0.717, 1.165) is 0 Å². The van der Waals surface area contributed by atoms with E-state index in [-0.39, 0.29) is 6.17 Å². The van der Waals surface area contributed by atoms with Gasteiger partial charge in [-0.25, -0.2) is 0 Å². The van der Waals surface area contributed by atoms with Crippen molar-refractivity contribution in [1.29, 1.82) is 0 Å². The van der Waals surface area contributed by atoms with Gasteiger partial charge in [0.2, 0.25) is 12.3 Å². The number of aliphatic hydroxyl groups is 1. The van der Waals surface area contributed by atoms with Gasteiger partial charge in [0.05, 0.1) is 18.9 Å². The number of carbonyl (C=O) groups excluding carboxylic acids is 1. The topological polar surface area (TPSA) is 101 Å². The van der Waals surface area contributed by atoms with Gasteiger partial charge in [0.1, 0.15) is 12.0 Å². The second-order valence-corrected chi connectivity index (χ2v) is 4.11. The van der Waals surface area contributed by atoms with Crippen molar-refractivity contribution < 1.29 is 14.6 Å². The molecule has 2 unspecified atom stereocenters. The van der Waals surface area contributed by atoms with E-state index in [1.54, 1.807) is 17.0 Å². The lowest BCUT2D eigenvalue weighted by atomic mass is 10.3. The molecule has 2 rings (SSSR count). The molecule has 1 saturated heterocycles. The van der Waals surface area contributed by atoms with E-state index in [0.29, 0.717) is 36.8 Å². The van der Waals surface area contributed by atoms with Crippen molar-refractivity contribution in [3.63, 3.8) is 0 Å². The summed E-state index contributed by atoms with van der Waals surface area (Å²) in [5.74, 6) is 0.940. The third-order valence-corrected chi connectivity index (χ3v) is 2.90. The molecule has 1 aliphatic heterocycles. The van der Waals surface area contributed by atoms with Crippen molar-refractivity contribution in [1.82, 2.24) is 10.3 Å². The molecule has 7 nitrogen and oxygen atoms in total. The zero-order valence-corrected chi connectivity index (χ0v) is 10.0. The zero-order chi connectivity index (χ0) is 13.1. The van der Waals surface area contributed by atoms with Gasteiger partial charge in [-0.2, -0.15) is 4.98 Å². The quantitative estimate of drug-likeness (QED) is 0.614. The van der Waals surface area contributed by atoms with Crippen molar-refractivity contribution in [2.75, 3.05) is 24.3 Å². The van der Waals surface area contributed by atoms with Gasteiger partial charge in [0, 0.05) is 13.0 Å². The zero-order valence-electron chi connectivity index (χ0n) is 10.0. The molecule has 4 N–H and O–H groups in total. The van der Waals surface area contributed by atoms with E-state index in [1.165, 1.54) is 7.11 Å². The Morgan fingerprint density at radius 2 is 2.44 bits per heavy atom. The number of aliphatic hydroxyl groups excluding tert-OH is 1. The van der Waals surface area contributed by atoms with Crippen LogP contribution in [0, 0.1) is 0 Å². The molecule has 1 aromatic heterocycles. The lowest BCUT2D eigenvalue weighted by Gasteiger charge is -2.25. The van der Waals surface area contributed by atoms with Crippen LogP contribution in [0.3, 0.4) is 0 Å². The normalized spacial score (nSPS) is 22.9. The Kier molecular flexibility index (Phi) is 3.52. The summed E-state index contributed by atoms with van der Waals surface area (Å²) in [6.07, 6.45) is 0.322. The van der Waals surface area contributed by atoms with Crippen molar-refractivity contribution in [3.05, 3.63) is 12.1 Å². The second kappa shape index (κ2) is 5.09. The highest BCUT2D eigenvalue weighted by Crippen LogP contribution is 2.27. The Morgan fingerprint density at radius 3 is 3.11 bits per heavy atom. The standard InChI is InChI=1S/C11H16N4O3/c1-18-11-8(12)2-3-9(14-11)15-5-7(17)4-10(15)13-6-16/h2-3,6-7,10,17H,4-5,12H2,1H3,(H,13,16). The molecular weight excluding hydrogens is 236 g/mol. The Hall–Kier alpha value is -2.02. The summed E-state index contributed by atoms with van der Waals surface area (Å²) < 4.78 is 5.05. The number of hydrogen-bond donors (Lipinski definition) is 3. The number of hydrogen-bond acceptors (Lipinski definition) is 6. The molecule has 18 heavy (non-hydrogen) atoms. The maximum Gasteiger partial charge on any atom is 0.238 e. The monoisotopic (exact) mass is 252 g/mol. The van der Waals surface area contributed by atoms with Crippen LogP contribution in [0.5, 0.6) is 5.88 Å². The van der Waals surface area contributed by atoms with Gasteiger partial charge < -0.3 is 25.8 Å². The summed E-state index contributed by atoms with van der Waals surface area (Å²) in [6, 6.07) is 3.42. The minimum absolute atomic E-state index is 0.265. The predicted octanol–water partition coefficient (Wildman–Crippen LogP) is -0.684. The summed E-state index contributed by atoms with van der Waals surface area (Å²) in [4.78, 5) is 16.6. The molecule has 0 bridgehead atoms. The summed E-state index contributed by atoms with van der Waals surface area (Å²) in [5.41, 5.74) is 6.14. The average molecular weight is 252 g/mol. The number of methoxy groups -OCH3 is 1. The smallest absolute Gasteiger partial charge is 0.238 e. The van der Waals surface area contributed by atoms with Crippen molar-refractivity contribution in [2.45, 2.75) is 18.7 Å². The predicted molar refractivity (Wildman–Crippen MR) is 66.2 cm³/mol. The largest absolute Gasteiger partial charge is 0.479 e. The third-order valence-electron chi connectivity index (χ3n) is 2.90. The van der Waals surface area contributed by atoms with Crippen LogP contribution in [-0.4, -0.2) is 42.4 Å². The lowest BCUT2D eigenvalue weighted by molar-refractivity contribution is -0.110. The van der Waals surface area contributed by atoms with Crippen LogP contribution < -0.4 is 20.7 Å². The number of nitrogens with zero attached hydrogens (tertiary/aromatic N) is 2. The van der Waals surface area contributed by atoms with Gasteiger partial charge in [-0.1, -0.05) is 0 Å². The van der Waals surface area contributed by atoms with Crippen LogP contribution in [-0.2, 0) is 4.79 Å². The summed E-state index contributed by atoms with van der Waals surface area (Å²) >= 11 is 0. The van der Waals surface area contributed by atoms with E-state index in [9.17, 15) is 9.90 Å². The van der Waals surface area contributed by atoms with Crippen LogP contribution in [0.1, 0.15) is 6.42 Å². The Labute approximate surface area is 105 Å². The highest BCUT2D eigenvalue weighted by Gasteiger charge is 2.31. The molecule has 0 saturated carbocycles. The van der Waals surface area contributed by atoms with Crippen molar-refractivity contribution in [3.8, 4) is 5.88 Å². The molecule has 2 atom stereocenters. The van der Waals surface area contributed by atoms with Crippen LogP contribution in [0.4, 0.5) is 11.5 Å². The molecule has 0 aromatic carbocycles. The number of nitrogen functional groups attached to an aromatic ring is 1. The fraction of sp³-hybridized carbons (Fsp3) is 0.455. The molecule has 98 valence electrons. The number of pyridine rings is 1. The van der Waals surface area contributed by atoms with E-state index >= 15 is 0 Å². The number of ether oxygens (including phenoxy) is 1. The highest BCUT2D eigenvalue weighted by atomic mass is 16.5. The van der Waals surface area contributed by atoms with Crippen molar-refractivity contribution in [2.24, 2.45) is 0 Å². The Balaban J connectivity index is 2.26. The maximum atomic E-state index is 10.5. The van der Waals surface area contributed by atoms with E-state index < -0.39 is 6.10 Å². The molecule has 1 amide bonds. The van der Waals surface area contributed by atoms with Crippen molar-refractivity contribution >= 4 is 17.9 Å². The number of nitrogens with one attached hydrogen (secondary N) is 1. The number of amides is 1. The van der Waals surface area contributed by atoms with Crippen LogP contribution in [0.25, 0.3) is 0 Å². The first-order chi connectivity index (χ1) is 8.65. The number of anilines is 2. The van der Waals surface area contributed by atoms with Gasteiger partial charge >= 0.3 is 0 Å². The number of aromatic nitrogens is 1. The molecule has 0 aliphatic carbocycles. The van der Waals surface area contributed by atoms with Crippen LogP contribution >= 0.6 is 0 Å². The van der Waals surface area contributed by atoms with E-state index in [1.807, 2.05) is 0 Å². The molecule has 7 heteroatoms. The fourth-order valence-corrected chi connectivity index (χ4v) is 2.07. The van der Waals surface area contributed by atoms with Gasteiger partial charge in [0.15, 0.2) is 0 Å². The molecule has 1 fully saturated rings. The maximum absolute atomic E-state index is 10.5. The highest BCUT2D eigenvalue weighted by molar-refractivity contribution is 5.56. The second-order valence-electron chi connectivity index (χ2n) is 4.11. The fourth-order valence-electron chi connectivity index (χ4n) is 2.07. The van der Waals surface area contributed by atoms with Gasteiger partial charge in [0.25, 0.3) is 0 Å². The first kappa shape index (κ1) is 12.4. The number of rotatable bonds is 4. The molecule has 1 aromatic rings. The Morgan fingerprint density at radius 1 is 1.67 bits per heavy atom. The van der Waals surface area contributed by atoms with Gasteiger partial charge in [-0.15, -0.1) is 0 Å². The summed E-state index contributed by atoms with van der Waals surface area (Å²) in [5, 5.41) is 12.3. The summed E-state index contributed by atoms with van der Waals surface area (Å²) in [7, 11) is 1.49. The van der Waals surface area contributed by atoms with Gasteiger partial charge in [-0.05, 0) is 12.1 Å². The lowest BCUT2D eigenvalue weighted by Crippen LogP contribution is -2.41. The first-order valence-corrected chi connectivity index (χ1v) is 5.60. The SMILES string of the molecule is COc1nc(N2CC(O)CC2NC=O)ccc1N. The average Bonchev–Trinajstić information content (AvgIpc) is 2.71. The summed E-state index contributed by atoms with van der Waals surface area (Å²) in [6.45, 7) is 0.408. The molecular formula is C11H16N4O3. The van der Waals surface area contributed by atoms with Crippen LogP contribution in [0.2, 0.25) is 0 Å². The van der Waals surface area contributed by atoms with Gasteiger partial charge in [-0.3, -0.25) is 4.79 Å². The molecule has 2 heterocycles. The molecule has 0 radical (unpaired) electrons. The number of β-amino-alcohol motifs (C(OH)–C–C–N with tert-alkyl or cyclic N) is 1. The number of carbonyl (C=O) groups is 1. The number of nitrogens with two attached hydrogens (primary N) is 1.